The zero-order valence-electron chi connectivity index (χ0n) is 19.0. The van der Waals surface area contributed by atoms with Crippen molar-refractivity contribution in [1.29, 1.82) is 0 Å². The van der Waals surface area contributed by atoms with E-state index in [-0.39, 0.29) is 29.1 Å². The van der Waals surface area contributed by atoms with Crippen LogP contribution in [0, 0.1) is 25.6 Å². The molecule has 1 saturated carbocycles. The van der Waals surface area contributed by atoms with Crippen molar-refractivity contribution in [1.82, 2.24) is 19.3 Å². The molecule has 9 heteroatoms. The lowest BCUT2D eigenvalue weighted by atomic mass is 9.81. The number of carbonyl (C=O) groups excluding carboxylic acids is 1. The highest BCUT2D eigenvalue weighted by Gasteiger charge is 2.57. The third kappa shape index (κ3) is 4.03. The van der Waals surface area contributed by atoms with E-state index in [0.717, 1.165) is 34.5 Å². The lowest BCUT2D eigenvalue weighted by Crippen LogP contribution is -2.41. The number of Topliss-reactive ketones (excluding diaryl/α,β-unsaturated/α-hetero) is 1. The minimum absolute atomic E-state index is 0.0207. The molecule has 7 nitrogen and oxygen atoms in total. The van der Waals surface area contributed by atoms with Crippen LogP contribution in [-0.4, -0.2) is 45.5 Å². The number of sulfonamides is 1. The number of rotatable bonds is 7. The molecule has 0 spiro atoms. The van der Waals surface area contributed by atoms with Crippen molar-refractivity contribution in [3.05, 3.63) is 71.8 Å². The number of hydrogen-bond acceptors (Lipinski definition) is 6. The van der Waals surface area contributed by atoms with Gasteiger partial charge in [-0.25, -0.2) is 22.8 Å². The minimum atomic E-state index is -3.87. The molecule has 2 aliphatic heterocycles. The molecule has 3 aromatic rings. The number of pyridine rings is 1. The van der Waals surface area contributed by atoms with Crippen LogP contribution in [0.2, 0.25) is 0 Å². The maximum Gasteiger partial charge on any atom is 0.243 e. The molecule has 0 radical (unpaired) electrons. The van der Waals surface area contributed by atoms with Crippen LogP contribution >= 0.6 is 0 Å². The number of benzene rings is 1. The van der Waals surface area contributed by atoms with E-state index in [9.17, 15) is 17.6 Å². The van der Waals surface area contributed by atoms with E-state index < -0.39 is 21.9 Å². The number of halogens is 1. The predicted molar refractivity (Wildman–Crippen MR) is 124 cm³/mol. The molecule has 34 heavy (non-hydrogen) atoms. The molecule has 0 amide bonds. The molecule has 6 rings (SSSR count). The first-order valence-corrected chi connectivity index (χ1v) is 12.7. The number of carbonyl (C=O) groups is 1. The summed E-state index contributed by atoms with van der Waals surface area (Å²) in [4.78, 5) is 26.3. The van der Waals surface area contributed by atoms with Crippen LogP contribution in [0.15, 0.2) is 53.8 Å². The Morgan fingerprint density at radius 1 is 1.03 bits per heavy atom. The standard InChI is InChI=1S/C25H25FN4O3S/c1-15-17(9-19(12-27-15)20-13-28-16(2)29-14-20)3-8-24(31)25-18-10-22(11-18)30(25)34(32,33)23-6-4-21(26)5-7-23/h4-7,9,12-14,18,22,25H,3,8,10-11H2,1-2H3/t18?,22?,25-/m0/s1. The Hall–Kier alpha value is -3.04. The van der Waals surface area contributed by atoms with Gasteiger partial charge in [0.15, 0.2) is 5.78 Å². The zero-order valence-corrected chi connectivity index (χ0v) is 19.8. The molecule has 176 valence electrons. The van der Waals surface area contributed by atoms with Gasteiger partial charge in [0.1, 0.15) is 11.6 Å². The fraction of sp³-hybridized carbons (Fsp3) is 0.360. The molecule has 1 aromatic carbocycles. The summed E-state index contributed by atoms with van der Waals surface area (Å²) in [5.41, 5.74) is 3.48. The summed E-state index contributed by atoms with van der Waals surface area (Å²) in [6.07, 6.45) is 7.33. The second-order valence-electron chi connectivity index (χ2n) is 9.07. The second kappa shape index (κ2) is 8.63. The lowest BCUT2D eigenvalue weighted by Gasteiger charge is -2.25. The van der Waals surface area contributed by atoms with E-state index in [0.29, 0.717) is 25.1 Å². The third-order valence-electron chi connectivity index (χ3n) is 6.90. The van der Waals surface area contributed by atoms with Gasteiger partial charge in [-0.3, -0.25) is 9.78 Å². The van der Waals surface area contributed by atoms with Crippen LogP contribution in [0.1, 0.15) is 36.3 Å². The number of aromatic nitrogens is 3. The van der Waals surface area contributed by atoms with Crippen LogP contribution in [0.3, 0.4) is 0 Å². The van der Waals surface area contributed by atoms with Crippen molar-refractivity contribution in [3.63, 3.8) is 0 Å². The van der Waals surface area contributed by atoms with E-state index in [1.165, 1.54) is 16.4 Å². The molecule has 3 aliphatic rings. The Bertz CT molecular complexity index is 1340. The Morgan fingerprint density at radius 2 is 1.68 bits per heavy atom. The van der Waals surface area contributed by atoms with Crippen molar-refractivity contribution < 1.29 is 17.6 Å². The van der Waals surface area contributed by atoms with Crippen molar-refractivity contribution in [2.45, 2.75) is 56.5 Å². The molecule has 0 N–H and O–H groups in total. The van der Waals surface area contributed by atoms with E-state index >= 15 is 0 Å². The Kier molecular flexibility index (Phi) is 5.77. The minimum Gasteiger partial charge on any atom is -0.298 e. The average molecular weight is 481 g/mol. The summed E-state index contributed by atoms with van der Waals surface area (Å²) in [5, 5.41) is 0. The number of hydrogen-bond donors (Lipinski definition) is 0. The SMILES string of the molecule is Cc1ncc(-c2cnc(C)c(CCC(=O)[C@@H]3C4CC(C4)N3S(=O)(=O)c3ccc(F)cc3)c2)cn1. The van der Waals surface area contributed by atoms with Crippen LogP contribution in [0.5, 0.6) is 0 Å². The Balaban J connectivity index is 1.34. The van der Waals surface area contributed by atoms with Gasteiger partial charge in [-0.15, -0.1) is 0 Å². The first-order chi connectivity index (χ1) is 16.2. The summed E-state index contributed by atoms with van der Waals surface area (Å²) in [5.74, 6) is 0.146. The van der Waals surface area contributed by atoms with Gasteiger partial charge in [0.25, 0.3) is 0 Å². The van der Waals surface area contributed by atoms with Gasteiger partial charge in [-0.05, 0) is 74.9 Å². The van der Waals surface area contributed by atoms with Gasteiger partial charge in [0.2, 0.25) is 10.0 Å². The summed E-state index contributed by atoms with van der Waals surface area (Å²) in [6, 6.07) is 5.95. The van der Waals surface area contributed by atoms with Crippen molar-refractivity contribution >= 4 is 15.8 Å². The van der Waals surface area contributed by atoms with Crippen LogP contribution in [0.4, 0.5) is 4.39 Å². The van der Waals surface area contributed by atoms with Crippen LogP contribution in [0.25, 0.3) is 11.1 Å². The fourth-order valence-electron chi connectivity index (χ4n) is 4.95. The van der Waals surface area contributed by atoms with Crippen molar-refractivity contribution in [2.24, 2.45) is 5.92 Å². The van der Waals surface area contributed by atoms with Gasteiger partial charge in [0.05, 0.1) is 10.9 Å². The quantitative estimate of drug-likeness (QED) is 0.513. The van der Waals surface area contributed by atoms with E-state index in [1.807, 2.05) is 19.9 Å². The van der Waals surface area contributed by atoms with Gasteiger partial charge in [-0.1, -0.05) is 0 Å². The molecule has 0 unspecified atom stereocenters. The normalized spacial score (nSPS) is 21.9. The summed E-state index contributed by atoms with van der Waals surface area (Å²) in [7, 11) is -3.87. The third-order valence-corrected chi connectivity index (χ3v) is 8.84. The smallest absolute Gasteiger partial charge is 0.243 e. The van der Waals surface area contributed by atoms with E-state index in [4.69, 9.17) is 0 Å². The summed E-state index contributed by atoms with van der Waals surface area (Å²) in [6.45, 7) is 3.72. The number of fused-ring (bicyclic) bond motifs is 1. The monoisotopic (exact) mass is 480 g/mol. The molecule has 2 saturated heterocycles. The first-order valence-electron chi connectivity index (χ1n) is 11.3. The molecule has 3 fully saturated rings. The van der Waals surface area contributed by atoms with Crippen LogP contribution < -0.4 is 0 Å². The molecule has 1 atom stereocenters. The zero-order chi connectivity index (χ0) is 24.0. The van der Waals surface area contributed by atoms with Crippen molar-refractivity contribution in [2.75, 3.05) is 0 Å². The topological polar surface area (TPSA) is 93.1 Å². The largest absolute Gasteiger partial charge is 0.298 e. The van der Waals surface area contributed by atoms with Gasteiger partial charge < -0.3 is 0 Å². The number of nitrogens with zero attached hydrogens (tertiary/aromatic N) is 4. The number of aryl methyl sites for hydroxylation is 3. The predicted octanol–water partition coefficient (Wildman–Crippen LogP) is 3.65. The molecular weight excluding hydrogens is 455 g/mol. The van der Waals surface area contributed by atoms with Crippen molar-refractivity contribution in [3.8, 4) is 11.1 Å². The number of ketones is 1. The van der Waals surface area contributed by atoms with E-state index in [2.05, 4.69) is 15.0 Å². The first kappa shape index (κ1) is 22.7. The highest BCUT2D eigenvalue weighted by molar-refractivity contribution is 7.89. The molecule has 2 aromatic heterocycles. The second-order valence-corrected chi connectivity index (χ2v) is 10.9. The van der Waals surface area contributed by atoms with Gasteiger partial charge in [-0.2, -0.15) is 4.31 Å². The molecule has 4 heterocycles. The Labute approximate surface area is 198 Å². The average Bonchev–Trinajstić information content (AvgIpc) is 3.37. The fourth-order valence-corrected chi connectivity index (χ4v) is 6.82. The molecule has 2 bridgehead atoms. The summed E-state index contributed by atoms with van der Waals surface area (Å²) < 4.78 is 41.3. The summed E-state index contributed by atoms with van der Waals surface area (Å²) >= 11 is 0. The lowest BCUT2D eigenvalue weighted by molar-refractivity contribution is -0.122. The maximum atomic E-state index is 13.3. The van der Waals surface area contributed by atoms with E-state index in [1.54, 1.807) is 18.6 Å². The highest BCUT2D eigenvalue weighted by Crippen LogP contribution is 2.49. The molecule has 1 aliphatic carbocycles. The highest BCUT2D eigenvalue weighted by atomic mass is 32.2. The van der Waals surface area contributed by atoms with Gasteiger partial charge >= 0.3 is 0 Å². The Morgan fingerprint density at radius 3 is 2.35 bits per heavy atom. The van der Waals surface area contributed by atoms with Crippen LogP contribution in [-0.2, 0) is 21.2 Å². The molecular formula is C25H25FN4O3S. The van der Waals surface area contributed by atoms with Gasteiger partial charge in [0, 0.05) is 47.9 Å². The maximum absolute atomic E-state index is 13.3.